The van der Waals surface area contributed by atoms with Crippen LogP contribution in [-0.4, -0.2) is 48.9 Å². The third kappa shape index (κ3) is 4.93. The molecule has 2 aromatic carbocycles. The molecule has 3 rings (SSSR count). The van der Waals surface area contributed by atoms with Crippen molar-refractivity contribution >= 4 is 23.4 Å². The van der Waals surface area contributed by atoms with E-state index in [2.05, 4.69) is 17.6 Å². The highest BCUT2D eigenvalue weighted by atomic mass is 16.5. The van der Waals surface area contributed by atoms with E-state index in [4.69, 9.17) is 4.74 Å². The van der Waals surface area contributed by atoms with E-state index in [-0.39, 0.29) is 24.1 Å². The fourth-order valence-electron chi connectivity index (χ4n) is 3.27. The topological polar surface area (TPSA) is 87.7 Å². The van der Waals surface area contributed by atoms with Crippen LogP contribution in [0.2, 0.25) is 0 Å². The number of anilines is 1. The molecular formula is C22H25N3O4. The first-order valence-electron chi connectivity index (χ1n) is 9.63. The second-order valence-corrected chi connectivity index (χ2v) is 6.84. The maximum Gasteiger partial charge on any atom is 0.254 e. The number of ether oxygens (including phenoxy) is 1. The lowest BCUT2D eigenvalue weighted by Gasteiger charge is -2.34. The Morgan fingerprint density at radius 1 is 1.14 bits per heavy atom. The number of carbonyl (C=O) groups excluding carboxylic acids is 3. The van der Waals surface area contributed by atoms with Crippen LogP contribution in [0.25, 0.3) is 0 Å². The summed E-state index contributed by atoms with van der Waals surface area (Å²) in [6, 6.07) is 13.4. The lowest BCUT2D eigenvalue weighted by Crippen LogP contribution is -2.58. The van der Waals surface area contributed by atoms with E-state index in [0.29, 0.717) is 30.1 Å². The molecule has 3 amide bonds. The van der Waals surface area contributed by atoms with Gasteiger partial charge in [0.1, 0.15) is 11.8 Å². The summed E-state index contributed by atoms with van der Waals surface area (Å²) in [4.78, 5) is 39.3. The third-order valence-electron chi connectivity index (χ3n) is 4.95. The van der Waals surface area contributed by atoms with Gasteiger partial charge in [-0.3, -0.25) is 14.4 Å². The molecule has 0 aromatic heterocycles. The Balaban J connectivity index is 1.70. The van der Waals surface area contributed by atoms with Gasteiger partial charge < -0.3 is 20.3 Å². The van der Waals surface area contributed by atoms with Gasteiger partial charge in [-0.2, -0.15) is 0 Å². The van der Waals surface area contributed by atoms with E-state index >= 15 is 0 Å². The number of piperazine rings is 1. The predicted molar refractivity (Wildman–Crippen MR) is 110 cm³/mol. The van der Waals surface area contributed by atoms with Crippen LogP contribution in [0.5, 0.6) is 5.75 Å². The second-order valence-electron chi connectivity index (χ2n) is 6.84. The van der Waals surface area contributed by atoms with Crippen molar-refractivity contribution < 1.29 is 19.1 Å². The molecule has 2 N–H and O–H groups in total. The average molecular weight is 395 g/mol. The Hall–Kier alpha value is -3.35. The van der Waals surface area contributed by atoms with E-state index < -0.39 is 6.04 Å². The largest absolute Gasteiger partial charge is 0.497 e. The summed E-state index contributed by atoms with van der Waals surface area (Å²) in [6.45, 7) is 2.76. The molecule has 1 heterocycles. The average Bonchev–Trinajstić information content (AvgIpc) is 2.75. The van der Waals surface area contributed by atoms with Crippen LogP contribution < -0.4 is 15.4 Å². The maximum absolute atomic E-state index is 12.9. The lowest BCUT2D eigenvalue weighted by atomic mass is 10.1. The Morgan fingerprint density at radius 2 is 1.83 bits per heavy atom. The summed E-state index contributed by atoms with van der Waals surface area (Å²) < 4.78 is 5.11. The summed E-state index contributed by atoms with van der Waals surface area (Å²) in [5.41, 5.74) is 2.28. The van der Waals surface area contributed by atoms with E-state index in [1.54, 1.807) is 31.4 Å². The first-order chi connectivity index (χ1) is 14.0. The van der Waals surface area contributed by atoms with Gasteiger partial charge in [-0.1, -0.05) is 19.1 Å². The monoisotopic (exact) mass is 395 g/mol. The zero-order valence-corrected chi connectivity index (χ0v) is 16.6. The van der Waals surface area contributed by atoms with E-state index in [1.807, 2.05) is 24.3 Å². The van der Waals surface area contributed by atoms with Gasteiger partial charge in [-0.25, -0.2) is 0 Å². The summed E-state index contributed by atoms with van der Waals surface area (Å²) in [6.07, 6.45) is 0.808. The SMILES string of the molecule is CCc1ccc(NC(=O)CC2C(=O)NCCN2C(=O)c2ccc(OC)cc2)cc1. The number of nitrogens with one attached hydrogen (secondary N) is 2. The fourth-order valence-corrected chi connectivity index (χ4v) is 3.27. The second kappa shape index (κ2) is 9.23. The zero-order chi connectivity index (χ0) is 20.8. The van der Waals surface area contributed by atoms with Crippen LogP contribution in [0.15, 0.2) is 48.5 Å². The van der Waals surface area contributed by atoms with Gasteiger partial charge in [-0.15, -0.1) is 0 Å². The van der Waals surface area contributed by atoms with Gasteiger partial charge >= 0.3 is 0 Å². The van der Waals surface area contributed by atoms with Gasteiger partial charge in [0.05, 0.1) is 13.5 Å². The van der Waals surface area contributed by atoms with Gasteiger partial charge in [0.15, 0.2) is 0 Å². The molecule has 0 aliphatic carbocycles. The van der Waals surface area contributed by atoms with Crippen molar-refractivity contribution in [1.82, 2.24) is 10.2 Å². The number of rotatable bonds is 6. The number of nitrogens with zero attached hydrogens (tertiary/aromatic N) is 1. The first-order valence-corrected chi connectivity index (χ1v) is 9.63. The summed E-state index contributed by atoms with van der Waals surface area (Å²) in [5, 5.41) is 5.54. The van der Waals surface area contributed by atoms with Crippen molar-refractivity contribution in [3.63, 3.8) is 0 Å². The van der Waals surface area contributed by atoms with Crippen LogP contribution in [0.1, 0.15) is 29.3 Å². The van der Waals surface area contributed by atoms with E-state index in [0.717, 1.165) is 6.42 Å². The summed E-state index contributed by atoms with van der Waals surface area (Å²) >= 11 is 0. The lowest BCUT2D eigenvalue weighted by molar-refractivity contribution is -0.131. The predicted octanol–water partition coefficient (Wildman–Crippen LogP) is 2.23. The van der Waals surface area contributed by atoms with Gasteiger partial charge in [0, 0.05) is 24.3 Å². The smallest absolute Gasteiger partial charge is 0.254 e. The van der Waals surface area contributed by atoms with Crippen LogP contribution in [0.3, 0.4) is 0 Å². The molecule has 0 radical (unpaired) electrons. The van der Waals surface area contributed by atoms with Crippen molar-refractivity contribution in [1.29, 1.82) is 0 Å². The Morgan fingerprint density at radius 3 is 2.45 bits per heavy atom. The third-order valence-corrected chi connectivity index (χ3v) is 4.95. The van der Waals surface area contributed by atoms with E-state index in [1.165, 1.54) is 10.5 Å². The molecular weight excluding hydrogens is 370 g/mol. The minimum absolute atomic E-state index is 0.108. The molecule has 0 spiro atoms. The van der Waals surface area contributed by atoms with Crippen molar-refractivity contribution in [2.24, 2.45) is 0 Å². The first kappa shape index (κ1) is 20.4. The molecule has 1 unspecified atom stereocenters. The number of benzene rings is 2. The summed E-state index contributed by atoms with van der Waals surface area (Å²) in [7, 11) is 1.55. The maximum atomic E-state index is 12.9. The van der Waals surface area contributed by atoms with Crippen molar-refractivity contribution in [3.8, 4) is 5.75 Å². The highest BCUT2D eigenvalue weighted by molar-refractivity contribution is 6.01. The van der Waals surface area contributed by atoms with Gasteiger partial charge in [0.2, 0.25) is 11.8 Å². The summed E-state index contributed by atoms with van der Waals surface area (Å²) in [5.74, 6) is -0.283. The van der Waals surface area contributed by atoms with Crippen molar-refractivity contribution in [2.75, 3.05) is 25.5 Å². The minimum atomic E-state index is -0.853. The van der Waals surface area contributed by atoms with Gasteiger partial charge in [-0.05, 0) is 48.4 Å². The highest BCUT2D eigenvalue weighted by Gasteiger charge is 2.35. The molecule has 7 nitrogen and oxygen atoms in total. The molecule has 2 aromatic rings. The zero-order valence-electron chi connectivity index (χ0n) is 16.6. The van der Waals surface area contributed by atoms with Crippen molar-refractivity contribution in [2.45, 2.75) is 25.8 Å². The molecule has 0 bridgehead atoms. The molecule has 7 heteroatoms. The number of methoxy groups -OCH3 is 1. The van der Waals surface area contributed by atoms with Crippen LogP contribution in [0.4, 0.5) is 5.69 Å². The molecule has 1 aliphatic heterocycles. The number of amides is 3. The molecule has 29 heavy (non-hydrogen) atoms. The van der Waals surface area contributed by atoms with Gasteiger partial charge in [0.25, 0.3) is 5.91 Å². The minimum Gasteiger partial charge on any atom is -0.497 e. The van der Waals surface area contributed by atoms with Crippen LogP contribution >= 0.6 is 0 Å². The molecule has 1 aliphatic rings. The Kier molecular flexibility index (Phi) is 6.49. The highest BCUT2D eigenvalue weighted by Crippen LogP contribution is 2.18. The fraction of sp³-hybridized carbons (Fsp3) is 0.318. The number of carbonyl (C=O) groups is 3. The normalized spacial score (nSPS) is 16.1. The molecule has 0 saturated carbocycles. The Bertz CT molecular complexity index is 878. The molecule has 1 fully saturated rings. The van der Waals surface area contributed by atoms with Crippen LogP contribution in [0, 0.1) is 0 Å². The molecule has 1 atom stereocenters. The number of hydrogen-bond donors (Lipinski definition) is 2. The van der Waals surface area contributed by atoms with E-state index in [9.17, 15) is 14.4 Å². The molecule has 152 valence electrons. The quantitative estimate of drug-likeness (QED) is 0.785. The standard InChI is InChI=1S/C22H25N3O4/c1-3-15-4-8-17(9-5-15)24-20(26)14-19-21(27)23-12-13-25(19)22(28)16-6-10-18(29-2)11-7-16/h4-11,19H,3,12-14H2,1-2H3,(H,23,27)(H,24,26). The Labute approximate surface area is 170 Å². The number of aryl methyl sites for hydroxylation is 1. The van der Waals surface area contributed by atoms with Crippen molar-refractivity contribution in [3.05, 3.63) is 59.7 Å². The number of hydrogen-bond acceptors (Lipinski definition) is 4. The van der Waals surface area contributed by atoms with Crippen LogP contribution in [-0.2, 0) is 16.0 Å². The molecule has 1 saturated heterocycles.